The SMILES string of the molecule is CC(CCc1ccccc1)NCC(O)c1ccc2c3c(cccc13)S(=O)(=O)N2C. The minimum Gasteiger partial charge on any atom is -0.387 e. The average molecular weight is 411 g/mol. The number of hydrogen-bond donors (Lipinski definition) is 2. The van der Waals surface area contributed by atoms with Crippen LogP contribution in [0.2, 0.25) is 0 Å². The Morgan fingerprint density at radius 1 is 1.03 bits per heavy atom. The van der Waals surface area contributed by atoms with Gasteiger partial charge in [-0.25, -0.2) is 8.42 Å². The Kier molecular flexibility index (Phi) is 5.34. The number of nitrogens with zero attached hydrogens (tertiary/aromatic N) is 1. The van der Waals surface area contributed by atoms with Crippen LogP contribution in [0.5, 0.6) is 0 Å². The van der Waals surface area contributed by atoms with Gasteiger partial charge in [-0.05, 0) is 48.4 Å². The first-order valence-electron chi connectivity index (χ1n) is 9.89. The average Bonchev–Trinajstić information content (AvgIpc) is 2.94. The Bertz CT molecular complexity index is 1130. The first-order valence-corrected chi connectivity index (χ1v) is 11.3. The number of hydrogen-bond acceptors (Lipinski definition) is 4. The highest BCUT2D eigenvalue weighted by atomic mass is 32.2. The fourth-order valence-electron chi connectivity index (χ4n) is 3.98. The molecule has 0 radical (unpaired) electrons. The van der Waals surface area contributed by atoms with E-state index in [4.69, 9.17) is 0 Å². The van der Waals surface area contributed by atoms with Crippen molar-refractivity contribution in [1.82, 2.24) is 5.32 Å². The fourth-order valence-corrected chi connectivity index (χ4v) is 5.40. The van der Waals surface area contributed by atoms with Crippen molar-refractivity contribution in [2.24, 2.45) is 0 Å². The number of aryl methyl sites for hydroxylation is 1. The molecule has 0 saturated carbocycles. The molecule has 6 heteroatoms. The summed E-state index contributed by atoms with van der Waals surface area (Å²) in [5.74, 6) is 0. The van der Waals surface area contributed by atoms with Gasteiger partial charge < -0.3 is 10.4 Å². The topological polar surface area (TPSA) is 69.6 Å². The second kappa shape index (κ2) is 7.78. The predicted octanol–water partition coefficient (Wildman–Crippen LogP) is 3.62. The summed E-state index contributed by atoms with van der Waals surface area (Å²) >= 11 is 0. The number of sulfonamides is 1. The molecule has 0 aliphatic carbocycles. The molecule has 2 atom stereocenters. The zero-order valence-electron chi connectivity index (χ0n) is 16.7. The molecule has 5 nitrogen and oxygen atoms in total. The van der Waals surface area contributed by atoms with Crippen molar-refractivity contribution in [1.29, 1.82) is 0 Å². The van der Waals surface area contributed by atoms with Gasteiger partial charge in [0.25, 0.3) is 10.0 Å². The van der Waals surface area contributed by atoms with E-state index in [1.807, 2.05) is 30.3 Å². The van der Waals surface area contributed by atoms with Crippen molar-refractivity contribution >= 4 is 26.5 Å². The third-order valence-corrected chi connectivity index (χ3v) is 7.53. The van der Waals surface area contributed by atoms with E-state index in [2.05, 4.69) is 24.4 Å². The Morgan fingerprint density at radius 2 is 1.79 bits per heavy atom. The van der Waals surface area contributed by atoms with E-state index in [1.165, 1.54) is 9.87 Å². The summed E-state index contributed by atoms with van der Waals surface area (Å²) in [4.78, 5) is 0.311. The van der Waals surface area contributed by atoms with Gasteiger partial charge in [0.05, 0.1) is 16.7 Å². The summed E-state index contributed by atoms with van der Waals surface area (Å²) in [5.41, 5.74) is 2.72. The minimum atomic E-state index is -3.50. The van der Waals surface area contributed by atoms with Crippen LogP contribution in [0.3, 0.4) is 0 Å². The van der Waals surface area contributed by atoms with Gasteiger partial charge in [0.15, 0.2) is 0 Å². The van der Waals surface area contributed by atoms with Crippen molar-refractivity contribution in [3.8, 4) is 0 Å². The first kappa shape index (κ1) is 19.9. The number of benzene rings is 3. The molecule has 1 aliphatic rings. The number of rotatable bonds is 7. The standard InChI is InChI=1S/C23H26N2O3S/c1-16(11-12-17-7-4-3-5-8-17)24-15-21(26)18-13-14-20-23-19(18)9-6-10-22(23)29(27,28)25(20)2/h3-10,13-14,16,21,24,26H,11-12,15H2,1-2H3. The summed E-state index contributed by atoms with van der Waals surface area (Å²) in [6.07, 6.45) is 1.24. The number of nitrogens with one attached hydrogen (secondary N) is 1. The molecule has 1 aliphatic heterocycles. The van der Waals surface area contributed by atoms with Crippen molar-refractivity contribution in [3.63, 3.8) is 0 Å². The van der Waals surface area contributed by atoms with E-state index in [0.29, 0.717) is 22.5 Å². The normalized spacial score (nSPS) is 16.9. The third kappa shape index (κ3) is 3.64. The summed E-state index contributed by atoms with van der Waals surface area (Å²) < 4.78 is 26.5. The van der Waals surface area contributed by atoms with Crippen molar-refractivity contribution < 1.29 is 13.5 Å². The molecule has 0 amide bonds. The molecular formula is C23H26N2O3S. The third-order valence-electron chi connectivity index (χ3n) is 5.72. The Hall–Kier alpha value is -2.41. The smallest absolute Gasteiger partial charge is 0.264 e. The first-order chi connectivity index (χ1) is 13.9. The van der Waals surface area contributed by atoms with E-state index >= 15 is 0 Å². The molecule has 4 rings (SSSR count). The summed E-state index contributed by atoms with van der Waals surface area (Å²) in [7, 11) is -1.94. The van der Waals surface area contributed by atoms with Crippen molar-refractivity contribution in [2.75, 3.05) is 17.9 Å². The van der Waals surface area contributed by atoms with E-state index in [-0.39, 0.29) is 6.04 Å². The molecule has 2 unspecified atom stereocenters. The fraction of sp³-hybridized carbons (Fsp3) is 0.304. The lowest BCUT2D eigenvalue weighted by molar-refractivity contribution is 0.171. The van der Waals surface area contributed by atoms with E-state index < -0.39 is 16.1 Å². The highest BCUT2D eigenvalue weighted by Crippen LogP contribution is 2.43. The van der Waals surface area contributed by atoms with Crippen LogP contribution in [0, 0.1) is 0 Å². The highest BCUT2D eigenvalue weighted by molar-refractivity contribution is 7.93. The lowest BCUT2D eigenvalue weighted by Crippen LogP contribution is -2.30. The number of aliphatic hydroxyl groups is 1. The van der Waals surface area contributed by atoms with Crippen LogP contribution in [0.1, 0.15) is 30.6 Å². The maximum absolute atomic E-state index is 12.6. The Balaban J connectivity index is 1.49. The molecule has 3 aromatic carbocycles. The Labute approximate surface area is 172 Å². The van der Waals surface area contributed by atoms with Crippen LogP contribution in [-0.2, 0) is 16.4 Å². The molecule has 3 aromatic rings. The summed E-state index contributed by atoms with van der Waals surface area (Å²) in [5, 5.41) is 15.7. The predicted molar refractivity (Wildman–Crippen MR) is 117 cm³/mol. The molecule has 0 fully saturated rings. The lowest BCUT2D eigenvalue weighted by Gasteiger charge is -2.19. The van der Waals surface area contributed by atoms with Crippen LogP contribution in [0.15, 0.2) is 65.6 Å². The van der Waals surface area contributed by atoms with Crippen LogP contribution >= 0.6 is 0 Å². The minimum absolute atomic E-state index is 0.258. The highest BCUT2D eigenvalue weighted by Gasteiger charge is 2.33. The number of aliphatic hydroxyl groups excluding tert-OH is 1. The Morgan fingerprint density at radius 3 is 2.55 bits per heavy atom. The van der Waals surface area contributed by atoms with Gasteiger partial charge >= 0.3 is 0 Å². The molecule has 0 spiro atoms. The van der Waals surface area contributed by atoms with Crippen molar-refractivity contribution in [3.05, 3.63) is 71.8 Å². The molecule has 152 valence electrons. The van der Waals surface area contributed by atoms with E-state index in [1.54, 1.807) is 25.2 Å². The molecule has 0 bridgehead atoms. The molecule has 29 heavy (non-hydrogen) atoms. The van der Waals surface area contributed by atoms with Crippen LogP contribution in [-0.4, -0.2) is 33.2 Å². The van der Waals surface area contributed by atoms with Gasteiger partial charge in [-0.2, -0.15) is 0 Å². The van der Waals surface area contributed by atoms with E-state index in [0.717, 1.165) is 23.8 Å². The largest absolute Gasteiger partial charge is 0.387 e. The molecule has 0 saturated heterocycles. The molecule has 2 N–H and O–H groups in total. The van der Waals surface area contributed by atoms with Gasteiger partial charge in [-0.1, -0.05) is 48.5 Å². The second-order valence-electron chi connectivity index (χ2n) is 7.67. The van der Waals surface area contributed by atoms with Gasteiger partial charge in [-0.3, -0.25) is 4.31 Å². The molecule has 0 aromatic heterocycles. The van der Waals surface area contributed by atoms with Gasteiger partial charge in [0.1, 0.15) is 0 Å². The monoisotopic (exact) mass is 410 g/mol. The number of anilines is 1. The van der Waals surface area contributed by atoms with Gasteiger partial charge in [-0.15, -0.1) is 0 Å². The zero-order valence-corrected chi connectivity index (χ0v) is 17.5. The van der Waals surface area contributed by atoms with Crippen LogP contribution in [0.25, 0.3) is 10.8 Å². The summed E-state index contributed by atoms with van der Waals surface area (Å²) in [6, 6.07) is 19.5. The zero-order chi connectivity index (χ0) is 20.6. The quantitative estimate of drug-likeness (QED) is 0.624. The lowest BCUT2D eigenvalue weighted by atomic mass is 9.98. The second-order valence-corrected chi connectivity index (χ2v) is 9.61. The maximum atomic E-state index is 12.6. The van der Waals surface area contributed by atoms with Crippen LogP contribution in [0.4, 0.5) is 5.69 Å². The van der Waals surface area contributed by atoms with Crippen LogP contribution < -0.4 is 9.62 Å². The van der Waals surface area contributed by atoms with Gasteiger partial charge in [0.2, 0.25) is 0 Å². The van der Waals surface area contributed by atoms with Gasteiger partial charge in [0, 0.05) is 25.0 Å². The van der Waals surface area contributed by atoms with E-state index in [9.17, 15) is 13.5 Å². The maximum Gasteiger partial charge on any atom is 0.264 e. The summed E-state index contributed by atoms with van der Waals surface area (Å²) in [6.45, 7) is 2.53. The molecule has 1 heterocycles. The van der Waals surface area contributed by atoms with Crippen molar-refractivity contribution in [2.45, 2.75) is 36.8 Å². The molecular weight excluding hydrogens is 384 g/mol.